The molecule has 0 radical (unpaired) electrons. The van der Waals surface area contributed by atoms with Crippen molar-refractivity contribution in [3.63, 3.8) is 0 Å². The predicted molar refractivity (Wildman–Crippen MR) is 247 cm³/mol. The molecule has 25 heteroatoms. The number of hydrogen-bond donors (Lipinski definition) is 11. The number of hydrazine groups is 2. The van der Waals surface area contributed by atoms with Crippen LogP contribution in [0.25, 0.3) is 0 Å². The summed E-state index contributed by atoms with van der Waals surface area (Å²) < 4.78 is 29.2. The van der Waals surface area contributed by atoms with E-state index in [9.17, 15) is 33.0 Å². The molecule has 4 fully saturated rings. The van der Waals surface area contributed by atoms with Crippen LogP contribution in [0.2, 0.25) is 0 Å². The number of carbonyl (C=O) groups excluding carboxylic acids is 2. The van der Waals surface area contributed by atoms with E-state index >= 15 is 0 Å². The number of amidine groups is 2. The summed E-state index contributed by atoms with van der Waals surface area (Å²) in [5, 5.41) is 50.2. The highest BCUT2D eigenvalue weighted by molar-refractivity contribution is 7.85. The van der Waals surface area contributed by atoms with Crippen LogP contribution in [0.15, 0.2) is 57.2 Å². The van der Waals surface area contributed by atoms with E-state index in [1.54, 1.807) is 45.4 Å². The number of carbonyl (C=O) groups is 2. The zero-order valence-electron chi connectivity index (χ0n) is 36.1. The summed E-state index contributed by atoms with van der Waals surface area (Å²) in [4.78, 5) is 44.2. The largest absolute Gasteiger partial charge is 0.508 e. The van der Waals surface area contributed by atoms with Gasteiger partial charge < -0.3 is 44.0 Å². The number of phenols is 3. The smallest absolute Gasteiger partial charge is 0.294 e. The number of aromatic hydroxyl groups is 3. The lowest BCUT2D eigenvalue weighted by atomic mass is 10.1. The lowest BCUT2D eigenvalue weighted by Crippen LogP contribution is -2.33. The molecule has 1 aromatic heterocycles. The molecule has 4 saturated heterocycles. The zero-order valence-corrected chi connectivity index (χ0v) is 36.9. The summed E-state index contributed by atoms with van der Waals surface area (Å²) in [6.45, 7) is 9.48. The minimum atomic E-state index is -3.67. The third-order valence-electron chi connectivity index (χ3n) is 10.1. The molecule has 5 aliphatic rings. The van der Waals surface area contributed by atoms with Crippen LogP contribution in [0.5, 0.6) is 17.2 Å². The fraction of sp³-hybridized carbons (Fsp3) is 0.325. The first-order chi connectivity index (χ1) is 30.4. The first-order valence-corrected chi connectivity index (χ1v) is 21.8. The minimum absolute atomic E-state index is 0.0566. The van der Waals surface area contributed by atoms with Gasteiger partial charge in [0.2, 0.25) is 0 Å². The molecule has 348 valence electrons. The van der Waals surface area contributed by atoms with E-state index in [-0.39, 0.29) is 74.8 Å². The van der Waals surface area contributed by atoms with Crippen molar-refractivity contribution in [2.75, 3.05) is 61.1 Å². The third-order valence-corrected chi connectivity index (χ3v) is 10.1. The number of nitrogens with one attached hydrogen (secondary N) is 2. The molecule has 6 heterocycles. The number of benzene rings is 3. The summed E-state index contributed by atoms with van der Waals surface area (Å²) in [6, 6.07) is 10.8. The van der Waals surface area contributed by atoms with Crippen molar-refractivity contribution in [3.05, 3.63) is 69.5 Å². The van der Waals surface area contributed by atoms with Crippen molar-refractivity contribution >= 4 is 85.0 Å². The topological polar surface area (TPSA) is 392 Å². The van der Waals surface area contributed by atoms with Crippen molar-refractivity contribution in [1.82, 2.24) is 29.4 Å². The fourth-order valence-electron chi connectivity index (χ4n) is 7.36. The average molecular weight is 920 g/mol. The first-order valence-electron chi connectivity index (χ1n) is 19.9. The van der Waals surface area contributed by atoms with Crippen LogP contribution in [0.3, 0.4) is 0 Å². The monoisotopic (exact) mass is 919 g/mol. The van der Waals surface area contributed by atoms with Crippen LogP contribution in [0.1, 0.15) is 36.0 Å². The fourth-order valence-corrected chi connectivity index (χ4v) is 7.36. The molecule has 5 aliphatic heterocycles. The molecule has 0 unspecified atom stereocenters. The van der Waals surface area contributed by atoms with Gasteiger partial charge >= 0.3 is 0 Å². The molecule has 16 N–H and O–H groups in total. The Morgan fingerprint density at radius 2 is 0.969 bits per heavy atom. The Labute approximate surface area is 373 Å². The van der Waals surface area contributed by atoms with Crippen LogP contribution in [-0.4, -0.2) is 125 Å². The van der Waals surface area contributed by atoms with Gasteiger partial charge in [0.15, 0.2) is 23.1 Å². The number of nitrogens with zero attached hydrogens (tertiary/aromatic N) is 8. The number of amides is 2. The van der Waals surface area contributed by atoms with E-state index in [0.29, 0.717) is 66.4 Å². The van der Waals surface area contributed by atoms with Gasteiger partial charge in [0.25, 0.3) is 27.5 Å². The lowest BCUT2D eigenvalue weighted by molar-refractivity contribution is -0.129. The van der Waals surface area contributed by atoms with Crippen LogP contribution >= 0.6 is 0 Å². The maximum absolute atomic E-state index is 12.2. The summed E-state index contributed by atoms with van der Waals surface area (Å²) in [7, 11) is -3.67. The van der Waals surface area contributed by atoms with Crippen LogP contribution in [0.4, 0.5) is 39.9 Å². The maximum atomic E-state index is 12.2. The Hall–Kier alpha value is -7.80. The van der Waals surface area contributed by atoms with Crippen LogP contribution in [-0.2, 0) is 32.8 Å². The van der Waals surface area contributed by atoms with Gasteiger partial charge in [-0.05, 0) is 81.0 Å². The van der Waals surface area contributed by atoms with E-state index in [1.165, 1.54) is 40.3 Å². The summed E-state index contributed by atoms with van der Waals surface area (Å²) >= 11 is 0. The Kier molecular flexibility index (Phi) is 14.3. The number of nitrogen functional groups attached to an aromatic ring is 5. The van der Waals surface area contributed by atoms with E-state index in [2.05, 4.69) is 9.98 Å². The molecule has 0 atom stereocenters. The summed E-state index contributed by atoms with van der Waals surface area (Å²) in [5.41, 5.74) is 32.7. The van der Waals surface area contributed by atoms with Crippen molar-refractivity contribution < 1.29 is 37.9 Å². The van der Waals surface area contributed by atoms with Crippen LogP contribution < -0.4 is 34.2 Å². The van der Waals surface area contributed by atoms with Gasteiger partial charge in [0, 0.05) is 63.2 Å². The number of aryl methyl sites for hydroxylation is 3. The highest BCUT2D eigenvalue weighted by atomic mass is 32.2. The second-order valence-electron chi connectivity index (χ2n) is 15.4. The van der Waals surface area contributed by atoms with Crippen molar-refractivity contribution in [1.29, 1.82) is 10.8 Å². The maximum Gasteiger partial charge on any atom is 0.294 e. The predicted octanol–water partition coefficient (Wildman–Crippen LogP) is 1.60. The van der Waals surface area contributed by atoms with Gasteiger partial charge in [-0.15, -0.1) is 0 Å². The number of hydrogen-bond acceptors (Lipinski definition) is 17. The van der Waals surface area contributed by atoms with Crippen molar-refractivity contribution in [2.45, 2.75) is 53.1 Å². The Morgan fingerprint density at radius 3 is 1.34 bits per heavy atom. The molecule has 0 bridgehead atoms. The number of nitrogens with two attached hydrogens (primary N) is 5. The van der Waals surface area contributed by atoms with Crippen LogP contribution in [0, 0.1) is 31.6 Å². The number of rotatable bonds is 2. The van der Waals surface area contributed by atoms with Gasteiger partial charge in [-0.25, -0.2) is 24.7 Å². The SMILES string of the molecule is CS(=O)(=O)O.Cc1cc(N)cc(O)c1.Cc1cc(O)cc(N)c1N=C1C(=N)N2CCCN2C1=O.Cc1cc(O)cc(N)c1N=C1C(=N)N2CCCN2C1=O.Nc1c(N)n2n(c1=O)CCC2. The molecule has 0 aliphatic carbocycles. The molecular weight excluding hydrogens is 867 g/mol. The Balaban J connectivity index is 0.000000164. The molecule has 4 aromatic rings. The van der Waals surface area contributed by atoms with Gasteiger partial charge in [0.05, 0.1) is 29.0 Å². The summed E-state index contributed by atoms with van der Waals surface area (Å²) in [6.07, 6.45) is 3.41. The second kappa shape index (κ2) is 19.3. The first kappa shape index (κ1) is 48.2. The standard InChI is InChI=1S/2C13H15N5O2.C7H9NO.C6H10N4O.CH4O3S/c2*1-7-5-8(19)6-9(14)10(7)16-11-12(15)17-3-2-4-18(17)13(11)20;1-5-2-6(8)4-7(9)3-5;7-4-5(8)9-2-1-3-10(9)6(4)11;1-5(2,3)4/h2*5-6,15,19H,2-4,14H2,1H3;2-4,9H,8H2,1H3;1-3,7-8H2;1H3,(H,2,3,4). The number of anilines is 5. The van der Waals surface area contributed by atoms with E-state index < -0.39 is 10.1 Å². The second-order valence-corrected chi connectivity index (χ2v) is 16.8. The zero-order chi connectivity index (χ0) is 48.2. The number of fused-ring (bicyclic) bond motifs is 3. The molecule has 65 heavy (non-hydrogen) atoms. The molecule has 0 saturated carbocycles. The van der Waals surface area contributed by atoms with Gasteiger partial charge in [-0.1, -0.05) is 0 Å². The number of phenolic OH excluding ortho intramolecular Hbond substituents is 3. The molecule has 0 spiro atoms. The number of aliphatic imine (C=N–C) groups is 2. The Morgan fingerprint density at radius 1 is 0.585 bits per heavy atom. The molecule has 3 aromatic carbocycles. The quantitative estimate of drug-likeness (QED) is 0.100. The van der Waals surface area contributed by atoms with Gasteiger partial charge in [-0.3, -0.25) is 44.5 Å². The van der Waals surface area contributed by atoms with Gasteiger partial charge in [0.1, 0.15) is 28.8 Å². The minimum Gasteiger partial charge on any atom is -0.508 e. The highest BCUT2D eigenvalue weighted by Crippen LogP contribution is 2.34. The van der Waals surface area contributed by atoms with E-state index in [0.717, 1.165) is 37.9 Å². The summed E-state index contributed by atoms with van der Waals surface area (Å²) in [5.74, 6) is 0.444. The Bertz CT molecular complexity index is 2530. The van der Waals surface area contributed by atoms with E-state index in [4.69, 9.17) is 49.1 Å². The average Bonchev–Trinajstić information content (AvgIpc) is 4.05. The van der Waals surface area contributed by atoms with E-state index in [1.807, 2.05) is 6.92 Å². The number of aromatic nitrogens is 2. The third kappa shape index (κ3) is 11.1. The van der Waals surface area contributed by atoms with Gasteiger partial charge in [-0.2, -0.15) is 8.42 Å². The molecular formula is C40H53N15O9S. The molecule has 24 nitrogen and oxygen atoms in total. The van der Waals surface area contributed by atoms with Crippen molar-refractivity contribution in [2.24, 2.45) is 9.98 Å². The van der Waals surface area contributed by atoms with Crippen molar-refractivity contribution in [3.8, 4) is 17.2 Å². The highest BCUT2D eigenvalue weighted by Gasteiger charge is 2.43. The molecule has 2 amide bonds. The normalized spacial score (nSPS) is 17.2. The molecule has 9 rings (SSSR count). The lowest BCUT2D eigenvalue weighted by Gasteiger charge is -2.17.